The van der Waals surface area contributed by atoms with Gasteiger partial charge in [-0.3, -0.25) is 4.99 Å². The molecular formula is C13H18N2O. The second kappa shape index (κ2) is 5.01. The van der Waals surface area contributed by atoms with E-state index in [-0.39, 0.29) is 6.10 Å². The minimum absolute atomic E-state index is 0.00944. The molecular weight excluding hydrogens is 200 g/mol. The van der Waals surface area contributed by atoms with E-state index in [2.05, 4.69) is 23.3 Å². The summed E-state index contributed by atoms with van der Waals surface area (Å²) in [7, 11) is 0. The predicted molar refractivity (Wildman–Crippen MR) is 66.2 cm³/mol. The highest BCUT2D eigenvalue weighted by molar-refractivity contribution is 5.87. The van der Waals surface area contributed by atoms with E-state index in [0.29, 0.717) is 0 Å². The number of nitrogens with one attached hydrogen (secondary N) is 1. The Bertz CT molecular complexity index is 387. The molecule has 3 nitrogen and oxygen atoms in total. The molecule has 0 saturated heterocycles. The van der Waals surface area contributed by atoms with Crippen molar-refractivity contribution in [2.75, 3.05) is 13.1 Å². The normalized spacial score (nSPS) is 16.5. The molecule has 0 spiro atoms. The van der Waals surface area contributed by atoms with Crippen molar-refractivity contribution in [3.05, 3.63) is 29.8 Å². The maximum absolute atomic E-state index is 5.93. The lowest BCUT2D eigenvalue weighted by atomic mass is 10.1. The second-order valence-corrected chi connectivity index (χ2v) is 3.92. The zero-order chi connectivity index (χ0) is 11.4. The number of rotatable bonds is 4. The maximum atomic E-state index is 5.93. The molecule has 0 unspecified atom stereocenters. The van der Waals surface area contributed by atoms with Gasteiger partial charge in [0.1, 0.15) is 11.6 Å². The molecule has 0 saturated carbocycles. The van der Waals surface area contributed by atoms with Crippen LogP contribution in [-0.2, 0) is 6.42 Å². The number of amidine groups is 1. The van der Waals surface area contributed by atoms with Crippen LogP contribution in [0.25, 0.3) is 0 Å². The summed E-state index contributed by atoms with van der Waals surface area (Å²) in [6, 6.07) is 8.17. The van der Waals surface area contributed by atoms with Gasteiger partial charge in [-0.15, -0.1) is 0 Å². The molecule has 2 rings (SSSR count). The third-order valence-electron chi connectivity index (χ3n) is 2.74. The van der Waals surface area contributed by atoms with Gasteiger partial charge in [0, 0.05) is 6.54 Å². The fourth-order valence-electron chi connectivity index (χ4n) is 1.85. The van der Waals surface area contributed by atoms with Crippen LogP contribution in [0.4, 0.5) is 0 Å². The van der Waals surface area contributed by atoms with Crippen LogP contribution in [0.1, 0.15) is 19.4 Å². The molecule has 1 N–H and O–H groups in total. The van der Waals surface area contributed by atoms with E-state index < -0.39 is 0 Å². The highest BCUT2D eigenvalue weighted by Gasteiger charge is 2.16. The minimum Gasteiger partial charge on any atom is -0.483 e. The van der Waals surface area contributed by atoms with Crippen LogP contribution in [0, 0.1) is 0 Å². The van der Waals surface area contributed by atoms with Gasteiger partial charge in [-0.05, 0) is 25.0 Å². The fourth-order valence-corrected chi connectivity index (χ4v) is 1.85. The smallest absolute Gasteiger partial charge is 0.152 e. The molecule has 1 aliphatic heterocycles. The quantitative estimate of drug-likeness (QED) is 0.838. The standard InChI is InChI=1S/C13H18N2O/c1-3-11-6-4-5-7-12(11)16-10(2)13-14-8-9-15-13/h4-7,10H,3,8-9H2,1-2H3,(H,14,15)/t10-/m0/s1. The highest BCUT2D eigenvalue weighted by atomic mass is 16.5. The molecule has 86 valence electrons. The number of hydrogen-bond donors (Lipinski definition) is 1. The van der Waals surface area contributed by atoms with Gasteiger partial charge in [-0.2, -0.15) is 0 Å². The first-order chi connectivity index (χ1) is 7.81. The summed E-state index contributed by atoms with van der Waals surface area (Å²) in [5.41, 5.74) is 1.24. The summed E-state index contributed by atoms with van der Waals surface area (Å²) >= 11 is 0. The Morgan fingerprint density at radius 3 is 2.94 bits per heavy atom. The molecule has 0 fully saturated rings. The van der Waals surface area contributed by atoms with Crippen LogP contribution in [0.3, 0.4) is 0 Å². The Morgan fingerprint density at radius 2 is 2.25 bits per heavy atom. The average molecular weight is 218 g/mol. The second-order valence-electron chi connectivity index (χ2n) is 3.92. The predicted octanol–water partition coefficient (Wildman–Crippen LogP) is 2.02. The maximum Gasteiger partial charge on any atom is 0.152 e. The van der Waals surface area contributed by atoms with E-state index in [1.807, 2.05) is 25.1 Å². The number of ether oxygens (including phenoxy) is 1. The molecule has 0 radical (unpaired) electrons. The van der Waals surface area contributed by atoms with Crippen molar-refractivity contribution < 1.29 is 4.74 Å². The Morgan fingerprint density at radius 1 is 1.44 bits per heavy atom. The van der Waals surface area contributed by atoms with Crippen molar-refractivity contribution in [1.29, 1.82) is 0 Å². The molecule has 1 aromatic rings. The number of nitrogens with zero attached hydrogens (tertiary/aromatic N) is 1. The van der Waals surface area contributed by atoms with Gasteiger partial charge in [-0.1, -0.05) is 25.1 Å². The zero-order valence-corrected chi connectivity index (χ0v) is 9.86. The molecule has 1 aliphatic rings. The van der Waals surface area contributed by atoms with Crippen molar-refractivity contribution in [2.24, 2.45) is 4.99 Å². The Balaban J connectivity index is 2.08. The van der Waals surface area contributed by atoms with E-state index in [4.69, 9.17) is 4.74 Å². The van der Waals surface area contributed by atoms with Crippen LogP contribution >= 0.6 is 0 Å². The van der Waals surface area contributed by atoms with Crippen LogP contribution in [0.5, 0.6) is 5.75 Å². The van der Waals surface area contributed by atoms with Gasteiger partial charge in [0.15, 0.2) is 6.10 Å². The molecule has 0 amide bonds. The summed E-state index contributed by atoms with van der Waals surface area (Å²) < 4.78 is 5.93. The summed E-state index contributed by atoms with van der Waals surface area (Å²) in [6.07, 6.45) is 0.998. The van der Waals surface area contributed by atoms with Crippen molar-refractivity contribution >= 4 is 5.84 Å². The van der Waals surface area contributed by atoms with E-state index in [1.165, 1.54) is 5.56 Å². The van der Waals surface area contributed by atoms with Crippen molar-refractivity contribution in [1.82, 2.24) is 5.32 Å². The van der Waals surface area contributed by atoms with Crippen molar-refractivity contribution in [3.8, 4) is 5.75 Å². The summed E-state index contributed by atoms with van der Waals surface area (Å²) in [4.78, 5) is 4.37. The number of benzene rings is 1. The molecule has 1 aromatic carbocycles. The number of aryl methyl sites for hydroxylation is 1. The zero-order valence-electron chi connectivity index (χ0n) is 9.86. The Hall–Kier alpha value is -1.51. The van der Waals surface area contributed by atoms with Gasteiger partial charge in [0.05, 0.1) is 6.54 Å². The molecule has 0 aliphatic carbocycles. The van der Waals surface area contributed by atoms with E-state index >= 15 is 0 Å². The van der Waals surface area contributed by atoms with Crippen LogP contribution in [0.2, 0.25) is 0 Å². The summed E-state index contributed by atoms with van der Waals surface area (Å²) in [5, 5.41) is 3.24. The molecule has 16 heavy (non-hydrogen) atoms. The average Bonchev–Trinajstić information content (AvgIpc) is 2.83. The van der Waals surface area contributed by atoms with E-state index in [0.717, 1.165) is 31.1 Å². The minimum atomic E-state index is 0.00944. The Kier molecular flexibility index (Phi) is 3.44. The summed E-state index contributed by atoms with van der Waals surface area (Å²) in [6.45, 7) is 5.96. The van der Waals surface area contributed by atoms with Crippen LogP contribution in [-0.4, -0.2) is 25.0 Å². The lowest BCUT2D eigenvalue weighted by Gasteiger charge is -2.17. The van der Waals surface area contributed by atoms with Crippen molar-refractivity contribution in [3.63, 3.8) is 0 Å². The third-order valence-corrected chi connectivity index (χ3v) is 2.74. The van der Waals surface area contributed by atoms with Gasteiger partial charge < -0.3 is 10.1 Å². The number of hydrogen-bond acceptors (Lipinski definition) is 3. The topological polar surface area (TPSA) is 33.6 Å². The van der Waals surface area contributed by atoms with Gasteiger partial charge in [-0.25, -0.2) is 0 Å². The van der Waals surface area contributed by atoms with Crippen LogP contribution in [0.15, 0.2) is 29.3 Å². The first-order valence-electron chi connectivity index (χ1n) is 5.84. The first kappa shape index (κ1) is 11.0. The van der Waals surface area contributed by atoms with Crippen molar-refractivity contribution in [2.45, 2.75) is 26.4 Å². The molecule has 1 heterocycles. The van der Waals surface area contributed by atoms with Crippen LogP contribution < -0.4 is 10.1 Å². The number of aliphatic imine (C=N–C) groups is 1. The van der Waals surface area contributed by atoms with Gasteiger partial charge >= 0.3 is 0 Å². The SMILES string of the molecule is CCc1ccccc1O[C@@H](C)C1=NCCN1. The molecule has 0 bridgehead atoms. The first-order valence-corrected chi connectivity index (χ1v) is 5.84. The third kappa shape index (κ3) is 2.35. The van der Waals surface area contributed by atoms with Gasteiger partial charge in [0.25, 0.3) is 0 Å². The monoisotopic (exact) mass is 218 g/mol. The lowest BCUT2D eigenvalue weighted by Crippen LogP contribution is -2.33. The lowest BCUT2D eigenvalue weighted by molar-refractivity contribution is 0.281. The largest absolute Gasteiger partial charge is 0.483 e. The Labute approximate surface area is 96.5 Å². The molecule has 1 atom stereocenters. The highest BCUT2D eigenvalue weighted by Crippen LogP contribution is 2.20. The molecule has 3 heteroatoms. The fraction of sp³-hybridized carbons (Fsp3) is 0.462. The number of para-hydroxylation sites is 1. The van der Waals surface area contributed by atoms with Gasteiger partial charge in [0.2, 0.25) is 0 Å². The summed E-state index contributed by atoms with van der Waals surface area (Å²) in [5.74, 6) is 1.93. The van der Waals surface area contributed by atoms with E-state index in [1.54, 1.807) is 0 Å². The molecule has 0 aromatic heterocycles. The van der Waals surface area contributed by atoms with E-state index in [9.17, 15) is 0 Å².